The minimum atomic E-state index is 0.700. The zero-order valence-electron chi connectivity index (χ0n) is 10.5. The molecule has 5 heteroatoms. The normalized spacial score (nSPS) is 20.0. The lowest BCUT2D eigenvalue weighted by Crippen LogP contribution is -2.25. The Balaban J connectivity index is 1.56. The summed E-state index contributed by atoms with van der Waals surface area (Å²) in [5.41, 5.74) is 0.989. The van der Waals surface area contributed by atoms with E-state index in [1.807, 2.05) is 13.8 Å². The molecule has 2 rings (SSSR count). The quantitative estimate of drug-likeness (QED) is 0.623. The zero-order valence-corrected chi connectivity index (χ0v) is 11.3. The summed E-state index contributed by atoms with van der Waals surface area (Å²) in [6.07, 6.45) is 1.19. The molecule has 0 spiro atoms. The van der Waals surface area contributed by atoms with Crippen molar-refractivity contribution < 1.29 is 9.15 Å². The summed E-state index contributed by atoms with van der Waals surface area (Å²) >= 11 is 1.67. The lowest BCUT2D eigenvalue weighted by atomic mass is 10.1. The van der Waals surface area contributed by atoms with Crippen LogP contribution in [-0.2, 0) is 4.74 Å². The second kappa shape index (κ2) is 6.42. The number of oxazole rings is 1. The standard InChI is InChI=1S/C12H20N2O2S/c1-9-10(2)16-12(14-9)17-6-4-13-7-11-3-5-15-8-11/h11,13H,3-8H2,1-2H3. The van der Waals surface area contributed by atoms with Crippen molar-refractivity contribution in [1.82, 2.24) is 10.3 Å². The van der Waals surface area contributed by atoms with Crippen molar-refractivity contribution in [3.8, 4) is 0 Å². The Kier molecular flexibility index (Phi) is 4.88. The molecule has 1 aromatic heterocycles. The van der Waals surface area contributed by atoms with E-state index in [1.54, 1.807) is 11.8 Å². The monoisotopic (exact) mass is 256 g/mol. The van der Waals surface area contributed by atoms with Gasteiger partial charge in [-0.2, -0.15) is 0 Å². The molecule has 0 radical (unpaired) electrons. The number of hydrogen-bond donors (Lipinski definition) is 1. The number of aryl methyl sites for hydroxylation is 2. The molecular formula is C12H20N2O2S. The van der Waals surface area contributed by atoms with Gasteiger partial charge in [-0.3, -0.25) is 0 Å². The molecule has 1 fully saturated rings. The Morgan fingerprint density at radius 1 is 1.47 bits per heavy atom. The zero-order chi connectivity index (χ0) is 12.1. The van der Waals surface area contributed by atoms with E-state index < -0.39 is 0 Å². The highest BCUT2D eigenvalue weighted by atomic mass is 32.2. The van der Waals surface area contributed by atoms with Crippen molar-refractivity contribution in [1.29, 1.82) is 0 Å². The average molecular weight is 256 g/mol. The van der Waals surface area contributed by atoms with Gasteiger partial charge in [-0.25, -0.2) is 4.98 Å². The Morgan fingerprint density at radius 2 is 2.35 bits per heavy atom. The maximum Gasteiger partial charge on any atom is 0.256 e. The third kappa shape index (κ3) is 4.01. The lowest BCUT2D eigenvalue weighted by Gasteiger charge is -2.08. The largest absolute Gasteiger partial charge is 0.437 e. The fraction of sp³-hybridized carbons (Fsp3) is 0.750. The first kappa shape index (κ1) is 12.9. The van der Waals surface area contributed by atoms with Gasteiger partial charge in [0, 0.05) is 25.4 Å². The molecule has 4 nitrogen and oxygen atoms in total. The van der Waals surface area contributed by atoms with Gasteiger partial charge < -0.3 is 14.5 Å². The number of ether oxygens (including phenoxy) is 1. The van der Waals surface area contributed by atoms with Gasteiger partial charge in [0.1, 0.15) is 5.76 Å². The summed E-state index contributed by atoms with van der Waals surface area (Å²) in [6.45, 7) is 7.81. The van der Waals surface area contributed by atoms with E-state index in [0.29, 0.717) is 5.92 Å². The Labute approximate surface area is 107 Å². The van der Waals surface area contributed by atoms with E-state index >= 15 is 0 Å². The van der Waals surface area contributed by atoms with Crippen molar-refractivity contribution in [2.75, 3.05) is 32.1 Å². The highest BCUT2D eigenvalue weighted by Gasteiger charge is 2.14. The topological polar surface area (TPSA) is 47.3 Å². The summed E-state index contributed by atoms with van der Waals surface area (Å²) in [5.74, 6) is 2.61. The van der Waals surface area contributed by atoms with Gasteiger partial charge >= 0.3 is 0 Å². The average Bonchev–Trinajstić information content (AvgIpc) is 2.90. The van der Waals surface area contributed by atoms with E-state index in [2.05, 4.69) is 10.3 Å². The molecule has 0 amide bonds. The maximum absolute atomic E-state index is 5.50. The molecule has 17 heavy (non-hydrogen) atoms. The van der Waals surface area contributed by atoms with Crippen LogP contribution < -0.4 is 5.32 Å². The van der Waals surface area contributed by atoms with Crippen molar-refractivity contribution in [3.05, 3.63) is 11.5 Å². The molecule has 1 aliphatic heterocycles. The lowest BCUT2D eigenvalue weighted by molar-refractivity contribution is 0.185. The molecule has 2 heterocycles. The minimum Gasteiger partial charge on any atom is -0.437 e. The van der Waals surface area contributed by atoms with E-state index in [1.165, 1.54) is 6.42 Å². The van der Waals surface area contributed by atoms with Crippen LogP contribution in [0.15, 0.2) is 9.64 Å². The summed E-state index contributed by atoms with van der Waals surface area (Å²) in [6, 6.07) is 0. The summed E-state index contributed by atoms with van der Waals surface area (Å²) < 4.78 is 10.8. The highest BCUT2D eigenvalue weighted by Crippen LogP contribution is 2.19. The summed E-state index contributed by atoms with van der Waals surface area (Å²) in [5, 5.41) is 4.23. The molecule has 0 aromatic carbocycles. The van der Waals surface area contributed by atoms with Crippen LogP contribution in [0, 0.1) is 19.8 Å². The number of nitrogens with zero attached hydrogens (tertiary/aromatic N) is 1. The third-order valence-corrected chi connectivity index (χ3v) is 3.80. The van der Waals surface area contributed by atoms with Crippen LogP contribution in [0.3, 0.4) is 0 Å². The number of nitrogens with one attached hydrogen (secondary N) is 1. The number of rotatable bonds is 6. The fourth-order valence-electron chi connectivity index (χ4n) is 1.77. The number of aromatic nitrogens is 1. The van der Waals surface area contributed by atoms with Gasteiger partial charge in [0.2, 0.25) is 0 Å². The van der Waals surface area contributed by atoms with Crippen LogP contribution >= 0.6 is 11.8 Å². The second-order valence-electron chi connectivity index (χ2n) is 4.40. The van der Waals surface area contributed by atoms with Crippen molar-refractivity contribution in [2.45, 2.75) is 25.5 Å². The van der Waals surface area contributed by atoms with Gasteiger partial charge in [0.05, 0.1) is 12.3 Å². The van der Waals surface area contributed by atoms with Crippen molar-refractivity contribution in [3.63, 3.8) is 0 Å². The molecule has 1 N–H and O–H groups in total. The first-order chi connectivity index (χ1) is 8.25. The predicted molar refractivity (Wildman–Crippen MR) is 68.5 cm³/mol. The van der Waals surface area contributed by atoms with Gasteiger partial charge in [0.15, 0.2) is 0 Å². The summed E-state index contributed by atoms with van der Waals surface area (Å²) in [7, 11) is 0. The van der Waals surface area contributed by atoms with Gasteiger partial charge in [-0.1, -0.05) is 11.8 Å². The summed E-state index contributed by atoms with van der Waals surface area (Å²) in [4.78, 5) is 4.33. The Morgan fingerprint density at radius 3 is 3.00 bits per heavy atom. The molecule has 1 aliphatic rings. The first-order valence-electron chi connectivity index (χ1n) is 6.11. The molecule has 0 aliphatic carbocycles. The van der Waals surface area contributed by atoms with Crippen molar-refractivity contribution >= 4 is 11.8 Å². The smallest absolute Gasteiger partial charge is 0.256 e. The highest BCUT2D eigenvalue weighted by molar-refractivity contribution is 7.99. The second-order valence-corrected chi connectivity index (χ2v) is 5.45. The number of thioether (sulfide) groups is 1. The maximum atomic E-state index is 5.50. The van der Waals surface area contributed by atoms with Crippen LogP contribution in [0.4, 0.5) is 0 Å². The van der Waals surface area contributed by atoms with Crippen LogP contribution in [0.25, 0.3) is 0 Å². The number of hydrogen-bond acceptors (Lipinski definition) is 5. The molecule has 1 unspecified atom stereocenters. The van der Waals surface area contributed by atoms with Gasteiger partial charge in [-0.05, 0) is 26.2 Å². The predicted octanol–water partition coefficient (Wildman–Crippen LogP) is 2.01. The van der Waals surface area contributed by atoms with E-state index in [-0.39, 0.29) is 0 Å². The van der Waals surface area contributed by atoms with E-state index in [0.717, 1.165) is 48.7 Å². The van der Waals surface area contributed by atoms with Crippen LogP contribution in [0.2, 0.25) is 0 Å². The Bertz CT molecular complexity index is 329. The molecule has 0 saturated carbocycles. The van der Waals surface area contributed by atoms with Gasteiger partial charge in [-0.15, -0.1) is 0 Å². The first-order valence-corrected chi connectivity index (χ1v) is 7.09. The minimum absolute atomic E-state index is 0.700. The van der Waals surface area contributed by atoms with E-state index in [4.69, 9.17) is 9.15 Å². The third-order valence-electron chi connectivity index (χ3n) is 2.97. The van der Waals surface area contributed by atoms with Crippen LogP contribution in [0.5, 0.6) is 0 Å². The van der Waals surface area contributed by atoms with Crippen molar-refractivity contribution in [2.24, 2.45) is 5.92 Å². The molecule has 1 saturated heterocycles. The Hall–Kier alpha value is -0.520. The van der Waals surface area contributed by atoms with Gasteiger partial charge in [0.25, 0.3) is 5.22 Å². The molecular weight excluding hydrogens is 236 g/mol. The van der Waals surface area contributed by atoms with Crippen LogP contribution in [-0.4, -0.2) is 37.0 Å². The molecule has 96 valence electrons. The molecule has 1 aromatic rings. The molecule has 1 atom stereocenters. The van der Waals surface area contributed by atoms with E-state index in [9.17, 15) is 0 Å². The molecule has 0 bridgehead atoms. The van der Waals surface area contributed by atoms with Crippen LogP contribution in [0.1, 0.15) is 17.9 Å². The SMILES string of the molecule is Cc1nc(SCCNCC2CCOC2)oc1C. The fourth-order valence-corrected chi connectivity index (χ4v) is 2.57.